The van der Waals surface area contributed by atoms with E-state index in [0.717, 1.165) is 10.6 Å². The van der Waals surface area contributed by atoms with E-state index in [9.17, 15) is 18.0 Å². The van der Waals surface area contributed by atoms with Crippen molar-refractivity contribution in [3.05, 3.63) is 53.6 Å². The monoisotopic (exact) mass is 448 g/mol. The van der Waals surface area contributed by atoms with Crippen LogP contribution in [0.15, 0.2) is 42.5 Å². The molecule has 0 aliphatic carbocycles. The van der Waals surface area contributed by atoms with Crippen LogP contribution in [-0.2, 0) is 19.6 Å². The first-order valence-corrected chi connectivity index (χ1v) is 11.7. The minimum absolute atomic E-state index is 0.0780. The third-order valence-corrected chi connectivity index (χ3v) is 5.32. The number of hydrogen-bond donors (Lipinski definition) is 1. The summed E-state index contributed by atoms with van der Waals surface area (Å²) in [6.07, 6.45) is 0.959. The van der Waals surface area contributed by atoms with Gasteiger partial charge >= 0.3 is 5.97 Å². The van der Waals surface area contributed by atoms with E-state index in [2.05, 4.69) is 5.32 Å². The van der Waals surface area contributed by atoms with Crippen LogP contribution in [0, 0.1) is 6.92 Å². The molecule has 0 saturated heterocycles. The van der Waals surface area contributed by atoms with Crippen LogP contribution in [-0.4, -0.2) is 45.8 Å². The van der Waals surface area contributed by atoms with Gasteiger partial charge in [0.2, 0.25) is 15.9 Å². The average Bonchev–Trinajstić information content (AvgIpc) is 2.66. The Hall–Kier alpha value is -3.07. The molecule has 9 heteroatoms. The zero-order valence-electron chi connectivity index (χ0n) is 18.3. The fourth-order valence-electron chi connectivity index (χ4n) is 2.85. The number of carbonyl (C=O) groups is 2. The molecule has 0 bridgehead atoms. The van der Waals surface area contributed by atoms with Crippen molar-refractivity contribution >= 4 is 33.3 Å². The number of amides is 1. The highest BCUT2D eigenvalue weighted by Gasteiger charge is 2.22. The molecule has 1 amide bonds. The summed E-state index contributed by atoms with van der Waals surface area (Å²) < 4.78 is 36.3. The fraction of sp³-hybridized carbons (Fsp3) is 0.364. The lowest BCUT2D eigenvalue weighted by Crippen LogP contribution is -2.37. The van der Waals surface area contributed by atoms with Crippen molar-refractivity contribution < 1.29 is 27.5 Å². The smallest absolute Gasteiger partial charge is 0.338 e. The van der Waals surface area contributed by atoms with Gasteiger partial charge in [-0.1, -0.05) is 6.07 Å². The Balaban J connectivity index is 2.20. The number of nitrogens with one attached hydrogen (secondary N) is 1. The van der Waals surface area contributed by atoms with E-state index in [1.807, 2.05) is 13.8 Å². The molecule has 2 aromatic carbocycles. The van der Waals surface area contributed by atoms with Crippen molar-refractivity contribution in [3.63, 3.8) is 0 Å². The number of sulfonamides is 1. The van der Waals surface area contributed by atoms with Gasteiger partial charge in [0.15, 0.2) is 0 Å². The number of carbonyl (C=O) groups excluding carboxylic acids is 2. The molecule has 1 N–H and O–H groups in total. The van der Waals surface area contributed by atoms with Crippen LogP contribution in [0.5, 0.6) is 5.75 Å². The van der Waals surface area contributed by atoms with Gasteiger partial charge in [-0.3, -0.25) is 9.10 Å². The molecule has 0 heterocycles. The lowest BCUT2D eigenvalue weighted by Gasteiger charge is -2.23. The Labute approximate surface area is 183 Å². The SMILES string of the molecule is CCOC(=O)c1ccc(NC(=O)CN(c2cccc(OC(C)C)c2)S(C)(=O)=O)c(C)c1. The average molecular weight is 449 g/mol. The van der Waals surface area contributed by atoms with Crippen molar-refractivity contribution in [1.82, 2.24) is 0 Å². The molecule has 0 aliphatic heterocycles. The van der Waals surface area contributed by atoms with Gasteiger partial charge < -0.3 is 14.8 Å². The summed E-state index contributed by atoms with van der Waals surface area (Å²) in [5.74, 6) is -0.463. The van der Waals surface area contributed by atoms with Gasteiger partial charge in [0.05, 0.1) is 30.2 Å². The second-order valence-electron chi connectivity index (χ2n) is 7.23. The maximum absolute atomic E-state index is 12.6. The van der Waals surface area contributed by atoms with E-state index in [1.54, 1.807) is 56.3 Å². The molecule has 0 fully saturated rings. The van der Waals surface area contributed by atoms with Gasteiger partial charge in [-0.15, -0.1) is 0 Å². The molecule has 0 atom stereocenters. The number of rotatable bonds is 9. The number of nitrogens with zero attached hydrogens (tertiary/aromatic N) is 1. The topological polar surface area (TPSA) is 102 Å². The fourth-order valence-corrected chi connectivity index (χ4v) is 3.70. The maximum atomic E-state index is 12.6. The van der Waals surface area contributed by atoms with Crippen LogP contribution >= 0.6 is 0 Å². The van der Waals surface area contributed by atoms with E-state index in [1.165, 1.54) is 0 Å². The second-order valence-corrected chi connectivity index (χ2v) is 9.14. The summed E-state index contributed by atoms with van der Waals surface area (Å²) in [4.78, 5) is 24.5. The van der Waals surface area contributed by atoms with Crippen LogP contribution in [0.3, 0.4) is 0 Å². The highest BCUT2D eigenvalue weighted by atomic mass is 32.2. The third kappa shape index (κ3) is 6.99. The molecule has 2 rings (SSSR count). The van der Waals surface area contributed by atoms with E-state index in [4.69, 9.17) is 9.47 Å². The standard InChI is InChI=1S/C22H28N2O6S/c1-6-29-22(26)17-10-11-20(16(4)12-17)23-21(25)14-24(31(5,27)28)18-8-7-9-19(13-18)30-15(2)3/h7-13,15H,6,14H2,1-5H3,(H,23,25). The highest BCUT2D eigenvalue weighted by Crippen LogP contribution is 2.24. The van der Waals surface area contributed by atoms with Gasteiger partial charge in [-0.05, 0) is 63.6 Å². The van der Waals surface area contributed by atoms with E-state index in [-0.39, 0.29) is 12.7 Å². The van der Waals surface area contributed by atoms with Gasteiger partial charge in [0, 0.05) is 11.8 Å². The first-order chi connectivity index (χ1) is 14.5. The van der Waals surface area contributed by atoms with E-state index >= 15 is 0 Å². The molecule has 31 heavy (non-hydrogen) atoms. The predicted molar refractivity (Wildman–Crippen MR) is 120 cm³/mol. The van der Waals surface area contributed by atoms with Crippen LogP contribution < -0.4 is 14.4 Å². The van der Waals surface area contributed by atoms with Crippen molar-refractivity contribution in [3.8, 4) is 5.75 Å². The van der Waals surface area contributed by atoms with Crippen molar-refractivity contribution in [2.24, 2.45) is 0 Å². The molecule has 0 saturated carbocycles. The van der Waals surface area contributed by atoms with Gasteiger partial charge in [0.1, 0.15) is 12.3 Å². The Morgan fingerprint density at radius 2 is 1.84 bits per heavy atom. The second kappa shape index (κ2) is 10.3. The molecule has 168 valence electrons. The molecule has 0 unspecified atom stereocenters. The maximum Gasteiger partial charge on any atom is 0.338 e. The summed E-state index contributed by atoms with van der Waals surface area (Å²) in [5, 5.41) is 2.70. The summed E-state index contributed by atoms with van der Waals surface area (Å²) in [7, 11) is -3.73. The van der Waals surface area contributed by atoms with Crippen molar-refractivity contribution in [2.45, 2.75) is 33.8 Å². The highest BCUT2D eigenvalue weighted by molar-refractivity contribution is 7.92. The minimum atomic E-state index is -3.73. The van der Waals surface area contributed by atoms with Crippen LogP contribution in [0.1, 0.15) is 36.7 Å². The van der Waals surface area contributed by atoms with Crippen LogP contribution in [0.4, 0.5) is 11.4 Å². The summed E-state index contributed by atoms with van der Waals surface area (Å²) in [5.41, 5.74) is 1.82. The molecule has 2 aromatic rings. The Bertz CT molecular complexity index is 1050. The van der Waals surface area contributed by atoms with Gasteiger partial charge in [-0.25, -0.2) is 13.2 Å². The lowest BCUT2D eigenvalue weighted by molar-refractivity contribution is -0.114. The first-order valence-electron chi connectivity index (χ1n) is 9.83. The molecule has 0 aromatic heterocycles. The molecule has 0 spiro atoms. The number of esters is 1. The lowest BCUT2D eigenvalue weighted by atomic mass is 10.1. The molecular weight excluding hydrogens is 420 g/mol. The predicted octanol–water partition coefficient (Wildman–Crippen LogP) is 3.36. The summed E-state index contributed by atoms with van der Waals surface area (Å²) >= 11 is 0. The summed E-state index contributed by atoms with van der Waals surface area (Å²) in [6, 6.07) is 11.3. The van der Waals surface area contributed by atoms with E-state index in [0.29, 0.717) is 28.3 Å². The van der Waals surface area contributed by atoms with Gasteiger partial charge in [-0.2, -0.15) is 0 Å². The molecule has 0 radical (unpaired) electrons. The molecular formula is C22H28N2O6S. The largest absolute Gasteiger partial charge is 0.491 e. The number of anilines is 2. The zero-order valence-corrected chi connectivity index (χ0v) is 19.2. The van der Waals surface area contributed by atoms with Crippen molar-refractivity contribution in [1.29, 1.82) is 0 Å². The number of hydrogen-bond acceptors (Lipinski definition) is 6. The molecule has 0 aliphatic rings. The van der Waals surface area contributed by atoms with Crippen LogP contribution in [0.2, 0.25) is 0 Å². The Morgan fingerprint density at radius 3 is 2.42 bits per heavy atom. The Kier molecular flexibility index (Phi) is 8.04. The van der Waals surface area contributed by atoms with Crippen molar-refractivity contribution in [2.75, 3.05) is 29.0 Å². The third-order valence-electron chi connectivity index (χ3n) is 4.18. The summed E-state index contributed by atoms with van der Waals surface area (Å²) in [6.45, 7) is 7.04. The normalized spacial score (nSPS) is 11.2. The number of aryl methyl sites for hydroxylation is 1. The van der Waals surface area contributed by atoms with Gasteiger partial charge in [0.25, 0.3) is 0 Å². The Morgan fingerprint density at radius 1 is 1.13 bits per heavy atom. The minimum Gasteiger partial charge on any atom is -0.491 e. The first kappa shape index (κ1) is 24.2. The number of benzene rings is 2. The molecule has 8 nitrogen and oxygen atoms in total. The van der Waals surface area contributed by atoms with Crippen LogP contribution in [0.25, 0.3) is 0 Å². The zero-order chi connectivity index (χ0) is 23.2. The van der Waals surface area contributed by atoms with E-state index < -0.39 is 28.4 Å². The quantitative estimate of drug-likeness (QED) is 0.590. The number of ether oxygens (including phenoxy) is 2.